The summed E-state index contributed by atoms with van der Waals surface area (Å²) in [4.78, 5) is 5.36. The Labute approximate surface area is 144 Å². The first-order valence-corrected chi connectivity index (χ1v) is 9.94. The van der Waals surface area contributed by atoms with Crippen LogP contribution in [0.15, 0.2) is 0 Å². The number of hydrogen-bond donors (Lipinski definition) is 0. The molecule has 1 aliphatic carbocycles. The third kappa shape index (κ3) is 5.72. The lowest BCUT2D eigenvalue weighted by Gasteiger charge is -2.48. The first-order valence-electron chi connectivity index (χ1n) is 9.94. The Morgan fingerprint density at radius 1 is 1.04 bits per heavy atom. The van der Waals surface area contributed by atoms with E-state index in [1.807, 2.05) is 7.11 Å². The van der Waals surface area contributed by atoms with Gasteiger partial charge in [-0.2, -0.15) is 0 Å². The van der Waals surface area contributed by atoms with Gasteiger partial charge >= 0.3 is 0 Å². The molecule has 1 saturated carbocycles. The molecule has 23 heavy (non-hydrogen) atoms. The molecule has 0 radical (unpaired) electrons. The summed E-state index contributed by atoms with van der Waals surface area (Å²) in [7, 11) is 1.87. The van der Waals surface area contributed by atoms with E-state index < -0.39 is 0 Å². The largest absolute Gasteiger partial charge is 0.381 e. The van der Waals surface area contributed by atoms with E-state index in [9.17, 15) is 0 Å². The molecule has 0 aromatic rings. The molecule has 3 heteroatoms. The van der Waals surface area contributed by atoms with Crippen LogP contribution in [0.4, 0.5) is 0 Å². The standard InChI is InChI=1S/C20H40N2O/c1-17(2)21-14-15-22(20(3,4)16-21)13-7-6-8-18-9-11-19(23-5)12-10-18/h17-19H,6-16H2,1-5H3. The van der Waals surface area contributed by atoms with E-state index in [0.29, 0.717) is 17.7 Å². The van der Waals surface area contributed by atoms with Gasteiger partial charge in [-0.1, -0.05) is 12.8 Å². The van der Waals surface area contributed by atoms with Crippen molar-refractivity contribution in [3.8, 4) is 0 Å². The molecule has 1 heterocycles. The highest BCUT2D eigenvalue weighted by molar-refractivity contribution is 4.91. The number of unbranched alkanes of at least 4 members (excludes halogenated alkanes) is 1. The van der Waals surface area contributed by atoms with E-state index in [2.05, 4.69) is 37.5 Å². The zero-order valence-corrected chi connectivity index (χ0v) is 16.3. The maximum absolute atomic E-state index is 5.48. The van der Waals surface area contributed by atoms with Crippen LogP contribution in [0, 0.1) is 5.92 Å². The summed E-state index contributed by atoms with van der Waals surface area (Å²) in [5.41, 5.74) is 0.332. The summed E-state index contributed by atoms with van der Waals surface area (Å²) in [5.74, 6) is 0.965. The molecule has 0 bridgehead atoms. The molecule has 0 spiro atoms. The number of methoxy groups -OCH3 is 1. The smallest absolute Gasteiger partial charge is 0.0571 e. The molecule has 3 nitrogen and oxygen atoms in total. The molecule has 0 atom stereocenters. The Bertz CT molecular complexity index is 335. The summed E-state index contributed by atoms with van der Waals surface area (Å²) in [5, 5.41) is 0. The van der Waals surface area contributed by atoms with Gasteiger partial charge in [-0.05, 0) is 72.3 Å². The third-order valence-corrected chi connectivity index (χ3v) is 6.25. The molecule has 0 amide bonds. The maximum atomic E-state index is 5.48. The van der Waals surface area contributed by atoms with Crippen molar-refractivity contribution in [3.63, 3.8) is 0 Å². The van der Waals surface area contributed by atoms with Crippen molar-refractivity contribution in [3.05, 3.63) is 0 Å². The van der Waals surface area contributed by atoms with E-state index in [1.54, 1.807) is 0 Å². The van der Waals surface area contributed by atoms with Crippen LogP contribution in [0.2, 0.25) is 0 Å². The molecule has 0 unspecified atom stereocenters. The van der Waals surface area contributed by atoms with Crippen molar-refractivity contribution >= 4 is 0 Å². The Balaban J connectivity index is 1.63. The van der Waals surface area contributed by atoms with E-state index >= 15 is 0 Å². The average molecular weight is 325 g/mol. The Hall–Kier alpha value is -0.120. The molecule has 2 fully saturated rings. The third-order valence-electron chi connectivity index (χ3n) is 6.25. The molecule has 136 valence electrons. The molecule has 2 aliphatic rings. The van der Waals surface area contributed by atoms with Crippen LogP contribution in [0.1, 0.15) is 72.6 Å². The minimum Gasteiger partial charge on any atom is -0.381 e. The Morgan fingerprint density at radius 3 is 2.30 bits per heavy atom. The average Bonchev–Trinajstić information content (AvgIpc) is 2.52. The molecule has 0 aromatic heterocycles. The number of nitrogens with zero attached hydrogens (tertiary/aromatic N) is 2. The Kier molecular flexibility index (Phi) is 7.37. The second kappa shape index (κ2) is 8.82. The minimum atomic E-state index is 0.332. The van der Waals surface area contributed by atoms with E-state index in [0.717, 1.165) is 5.92 Å². The molecule has 0 aromatic carbocycles. The maximum Gasteiger partial charge on any atom is 0.0571 e. The molecule has 1 aliphatic heterocycles. The Morgan fingerprint density at radius 2 is 1.74 bits per heavy atom. The lowest BCUT2D eigenvalue weighted by Crippen LogP contribution is -2.60. The number of rotatable bonds is 7. The van der Waals surface area contributed by atoms with Gasteiger partial charge in [-0.25, -0.2) is 0 Å². The van der Waals surface area contributed by atoms with Crippen LogP contribution >= 0.6 is 0 Å². The van der Waals surface area contributed by atoms with Gasteiger partial charge in [0.15, 0.2) is 0 Å². The van der Waals surface area contributed by atoms with Gasteiger partial charge in [0.1, 0.15) is 0 Å². The van der Waals surface area contributed by atoms with Crippen molar-refractivity contribution in [1.82, 2.24) is 9.80 Å². The highest BCUT2D eigenvalue weighted by atomic mass is 16.5. The van der Waals surface area contributed by atoms with Crippen molar-refractivity contribution in [2.75, 3.05) is 33.3 Å². The van der Waals surface area contributed by atoms with Gasteiger partial charge in [-0.15, -0.1) is 0 Å². The summed E-state index contributed by atoms with van der Waals surface area (Å²) < 4.78 is 5.48. The van der Waals surface area contributed by atoms with Crippen LogP contribution in [-0.4, -0.2) is 60.8 Å². The van der Waals surface area contributed by atoms with Crippen molar-refractivity contribution in [2.45, 2.75) is 90.3 Å². The highest BCUT2D eigenvalue weighted by Crippen LogP contribution is 2.30. The van der Waals surface area contributed by atoms with Gasteiger partial charge < -0.3 is 4.74 Å². The van der Waals surface area contributed by atoms with E-state index in [-0.39, 0.29) is 0 Å². The van der Waals surface area contributed by atoms with Crippen LogP contribution in [-0.2, 0) is 4.74 Å². The van der Waals surface area contributed by atoms with Crippen LogP contribution in [0.25, 0.3) is 0 Å². The molecule has 1 saturated heterocycles. The van der Waals surface area contributed by atoms with Gasteiger partial charge in [0, 0.05) is 38.3 Å². The highest BCUT2D eigenvalue weighted by Gasteiger charge is 2.33. The second-order valence-corrected chi connectivity index (χ2v) is 8.74. The SMILES string of the molecule is COC1CCC(CCCCN2CCN(C(C)C)CC2(C)C)CC1. The zero-order chi connectivity index (χ0) is 16.9. The van der Waals surface area contributed by atoms with Crippen molar-refractivity contribution < 1.29 is 4.74 Å². The van der Waals surface area contributed by atoms with Gasteiger partial charge in [0.25, 0.3) is 0 Å². The van der Waals surface area contributed by atoms with Crippen molar-refractivity contribution in [2.24, 2.45) is 5.92 Å². The number of piperazine rings is 1. The molecular weight excluding hydrogens is 284 g/mol. The second-order valence-electron chi connectivity index (χ2n) is 8.74. The summed E-state index contributed by atoms with van der Waals surface area (Å²) in [6.07, 6.45) is 10.1. The minimum absolute atomic E-state index is 0.332. The normalized spacial score (nSPS) is 30.0. The van der Waals surface area contributed by atoms with E-state index in [1.165, 1.54) is 71.1 Å². The summed E-state index contributed by atoms with van der Waals surface area (Å²) in [6.45, 7) is 14.5. The summed E-state index contributed by atoms with van der Waals surface area (Å²) in [6, 6.07) is 0.679. The van der Waals surface area contributed by atoms with Gasteiger partial charge in [0.05, 0.1) is 6.10 Å². The van der Waals surface area contributed by atoms with Crippen LogP contribution in [0.3, 0.4) is 0 Å². The zero-order valence-electron chi connectivity index (χ0n) is 16.3. The fourth-order valence-corrected chi connectivity index (χ4v) is 4.48. The molecule has 2 rings (SSSR count). The monoisotopic (exact) mass is 324 g/mol. The predicted octanol–water partition coefficient (Wildman–Crippen LogP) is 4.17. The number of ether oxygens (including phenoxy) is 1. The topological polar surface area (TPSA) is 15.7 Å². The molecule has 0 N–H and O–H groups in total. The van der Waals surface area contributed by atoms with Gasteiger partial charge in [-0.3, -0.25) is 9.80 Å². The van der Waals surface area contributed by atoms with E-state index in [4.69, 9.17) is 4.74 Å². The quantitative estimate of drug-likeness (QED) is 0.654. The van der Waals surface area contributed by atoms with Crippen molar-refractivity contribution in [1.29, 1.82) is 0 Å². The fourth-order valence-electron chi connectivity index (χ4n) is 4.48. The lowest BCUT2D eigenvalue weighted by molar-refractivity contribution is 0.00497. The van der Waals surface area contributed by atoms with Gasteiger partial charge in [0.2, 0.25) is 0 Å². The predicted molar refractivity (Wildman–Crippen MR) is 99.0 cm³/mol. The summed E-state index contributed by atoms with van der Waals surface area (Å²) >= 11 is 0. The first-order chi connectivity index (χ1) is 10.9. The molecular formula is C20H40N2O. The van der Waals surface area contributed by atoms with Crippen LogP contribution in [0.5, 0.6) is 0 Å². The fraction of sp³-hybridized carbons (Fsp3) is 1.00. The number of hydrogen-bond acceptors (Lipinski definition) is 3. The lowest BCUT2D eigenvalue weighted by atomic mass is 9.84. The van der Waals surface area contributed by atoms with Crippen LogP contribution < -0.4 is 0 Å². The first kappa shape index (κ1) is 19.2.